The van der Waals surface area contributed by atoms with Gasteiger partial charge in [0.2, 0.25) is 23.6 Å². The van der Waals surface area contributed by atoms with E-state index in [9.17, 15) is 43.2 Å². The summed E-state index contributed by atoms with van der Waals surface area (Å²) < 4.78 is 61.0. The molecule has 22 nitrogen and oxygen atoms in total. The number of aromatic nitrogens is 1. The number of nitrogens with zero attached hydrogens (tertiary/aromatic N) is 2. The first-order valence-corrected chi connectivity index (χ1v) is 39.6. The zero-order chi connectivity index (χ0) is 76.4. The number of benzene rings is 4. The zero-order valence-electron chi connectivity index (χ0n) is 62.0. The third-order valence-corrected chi connectivity index (χ3v) is 19.1. The fraction of sp³-hybridized carbons (Fsp3) is 0.506. The second-order valence-electron chi connectivity index (χ2n) is 31.1. The molecular weight excluding hydrogens is 1360 g/mol. The molecule has 1 aromatic heterocycles. The molecule has 0 bridgehead atoms. The molecule has 1 heterocycles. The Balaban J connectivity index is 1.33. The summed E-state index contributed by atoms with van der Waals surface area (Å²) in [7, 11) is -1.75. The molecule has 0 saturated heterocycles. The summed E-state index contributed by atoms with van der Waals surface area (Å²) in [6, 6.07) is 24.8. The van der Waals surface area contributed by atoms with E-state index >= 15 is 13.6 Å². The number of nitrogens with one attached hydrogen (secondary N) is 4. The van der Waals surface area contributed by atoms with Gasteiger partial charge >= 0.3 is 30.1 Å². The molecule has 6 amide bonds. The fourth-order valence-corrected chi connectivity index (χ4v) is 13.4. The van der Waals surface area contributed by atoms with Crippen molar-refractivity contribution in [2.45, 2.75) is 201 Å². The van der Waals surface area contributed by atoms with E-state index in [1.807, 2.05) is 104 Å². The predicted molar refractivity (Wildman–Crippen MR) is 393 cm³/mol. The summed E-state index contributed by atoms with van der Waals surface area (Å²) in [5.41, 5.74) is 7.22. The molecule has 1 aliphatic rings. The Labute approximate surface area is 608 Å². The summed E-state index contributed by atoms with van der Waals surface area (Å²) in [5.74, 6) is -9.63. The first-order valence-electron chi connectivity index (χ1n) is 34.7. The molecule has 6 N–H and O–H groups in total. The minimum atomic E-state index is -1.75. The Kier molecular flexibility index (Phi) is 29.4. The van der Waals surface area contributed by atoms with Crippen LogP contribution in [0.2, 0.25) is 25.7 Å². The summed E-state index contributed by atoms with van der Waals surface area (Å²) in [6.07, 6.45) is -2.62. The topological polar surface area (TPSA) is 299 Å². The lowest BCUT2D eigenvalue weighted by molar-refractivity contribution is -0.161. The summed E-state index contributed by atoms with van der Waals surface area (Å²) >= 11 is 0.969. The van der Waals surface area contributed by atoms with Crippen LogP contribution in [0.25, 0.3) is 22.3 Å². The van der Waals surface area contributed by atoms with Gasteiger partial charge in [-0.3, -0.25) is 33.6 Å². The van der Waals surface area contributed by atoms with E-state index in [-0.39, 0.29) is 81.3 Å². The minimum absolute atomic E-state index is 0.0279. The molecule has 4 aromatic carbocycles. The molecule has 6 rings (SSSR count). The number of fused-ring (bicyclic) bond motifs is 3. The van der Waals surface area contributed by atoms with Crippen molar-refractivity contribution in [3.63, 3.8) is 0 Å². The van der Waals surface area contributed by atoms with Gasteiger partial charge in [-0.15, -0.1) is 0 Å². The van der Waals surface area contributed by atoms with Crippen molar-refractivity contribution in [2.24, 2.45) is 17.1 Å². The van der Waals surface area contributed by atoms with E-state index < -0.39 is 150 Å². The van der Waals surface area contributed by atoms with E-state index in [0.717, 1.165) is 57.8 Å². The summed E-state index contributed by atoms with van der Waals surface area (Å²) in [5, 5.41) is 10.5. The molecule has 103 heavy (non-hydrogen) atoms. The third kappa shape index (κ3) is 27.0. The van der Waals surface area contributed by atoms with Gasteiger partial charge in [0.1, 0.15) is 47.1 Å². The lowest BCUT2D eigenvalue weighted by Crippen LogP contribution is -2.51. The molecule has 0 radical (unpaired) electrons. The van der Waals surface area contributed by atoms with E-state index in [1.165, 1.54) is 4.90 Å². The van der Waals surface area contributed by atoms with E-state index in [1.54, 1.807) is 74.6 Å². The van der Waals surface area contributed by atoms with Crippen LogP contribution in [0.1, 0.15) is 156 Å². The number of thioether (sulfide) groups is 1. The van der Waals surface area contributed by atoms with E-state index in [2.05, 4.69) is 40.9 Å². The van der Waals surface area contributed by atoms with Crippen LogP contribution in [-0.4, -0.2) is 150 Å². The number of nitrogens with two attached hydrogens (primary N) is 1. The number of alkyl carbamates (subject to hydrolysis) is 2. The largest absolute Gasteiger partial charge is 0.460 e. The first-order chi connectivity index (χ1) is 48.0. The molecular formula is C77H103F2N7O15SSi. The number of halogens is 2. The average Bonchev–Trinajstić information content (AvgIpc) is 1.64. The first kappa shape index (κ1) is 83.0. The summed E-state index contributed by atoms with van der Waals surface area (Å²) in [4.78, 5) is 141. The number of rotatable bonds is 34. The van der Waals surface area contributed by atoms with Gasteiger partial charge in [0.05, 0.1) is 36.8 Å². The second-order valence-corrected chi connectivity index (χ2v) is 37.8. The van der Waals surface area contributed by atoms with Crippen molar-refractivity contribution in [2.75, 3.05) is 37.8 Å². The Hall–Kier alpha value is -8.91. The number of amides is 6. The van der Waals surface area contributed by atoms with Crippen LogP contribution in [0, 0.1) is 23.0 Å². The molecule has 0 fully saturated rings. The molecule has 0 unspecified atom stereocenters. The quantitative estimate of drug-likeness (QED) is 0.0145. The predicted octanol–water partition coefficient (Wildman–Crippen LogP) is 12.1. The molecule has 1 aliphatic carbocycles. The highest BCUT2D eigenvalue weighted by atomic mass is 32.2. The van der Waals surface area contributed by atoms with Gasteiger partial charge in [0.15, 0.2) is 5.78 Å². The molecule has 5 atom stereocenters. The number of hydrogen-bond donors (Lipinski definition) is 5. The van der Waals surface area contributed by atoms with Gasteiger partial charge in [-0.2, -0.15) is 11.8 Å². The SMILES string of the molecule is CC(C)(C)OC(=O)CC[C@@H](NC(=O)CCNC(=O)[C@H](CCN(C(=O)CSC[C@H](CC(=O)[C@H](CC(N)=O)NC(=O)OCC1c2ccccc2-c2ccccc21)C(=O)OC(C)(C)C)[C@@H](c1cc(-c2cc(F)ccc2F)cn1Cc1ccccc1)C(C)(C)C)NC(=O)OCC[Si](C)(C)C)C(=O)OC(C)(C)C. The maximum absolute atomic E-state index is 15.9. The van der Waals surface area contributed by atoms with Crippen LogP contribution in [-0.2, 0) is 68.6 Å². The Morgan fingerprint density at radius 2 is 1.22 bits per heavy atom. The number of ketones is 1. The average molecular weight is 1460 g/mol. The van der Waals surface area contributed by atoms with Crippen molar-refractivity contribution in [1.29, 1.82) is 0 Å². The van der Waals surface area contributed by atoms with Gasteiger partial charge in [-0.05, 0) is 139 Å². The van der Waals surface area contributed by atoms with Gasteiger partial charge in [0, 0.05) is 81.7 Å². The van der Waals surface area contributed by atoms with Crippen LogP contribution < -0.4 is 27.0 Å². The monoisotopic (exact) mass is 1460 g/mol. The number of hydrogen-bond acceptors (Lipinski definition) is 16. The Morgan fingerprint density at radius 1 is 0.641 bits per heavy atom. The van der Waals surface area contributed by atoms with Crippen molar-refractivity contribution in [3.05, 3.63) is 143 Å². The number of primary amides is 1. The maximum Gasteiger partial charge on any atom is 0.407 e. The van der Waals surface area contributed by atoms with Gasteiger partial charge in [-0.25, -0.2) is 23.2 Å². The van der Waals surface area contributed by atoms with Crippen molar-refractivity contribution >= 4 is 79.3 Å². The Morgan fingerprint density at radius 3 is 1.82 bits per heavy atom. The molecule has 5 aromatic rings. The molecule has 0 saturated carbocycles. The molecule has 26 heteroatoms. The van der Waals surface area contributed by atoms with Gasteiger partial charge in [0.25, 0.3) is 0 Å². The lowest BCUT2D eigenvalue weighted by Gasteiger charge is -2.41. The van der Waals surface area contributed by atoms with Crippen molar-refractivity contribution in [1.82, 2.24) is 30.7 Å². The Bertz CT molecular complexity index is 3770. The molecule has 0 spiro atoms. The van der Waals surface area contributed by atoms with Crippen LogP contribution >= 0.6 is 11.8 Å². The highest BCUT2D eigenvalue weighted by Crippen LogP contribution is 2.45. The van der Waals surface area contributed by atoms with Crippen molar-refractivity contribution in [3.8, 4) is 22.3 Å². The number of ether oxygens (including phenoxy) is 5. The van der Waals surface area contributed by atoms with Crippen LogP contribution in [0.5, 0.6) is 0 Å². The number of esters is 3. The standard InChI is InChI=1S/C77H103F2N7O15SSi/c1-74(2,3)68(62-39-49(56-41-51(78)29-30-58(56)79)44-85(62)43-48-23-17-16-18-24-48)86(36-34-59(83-72(95)97-37-38-103(13,14)15)69(92)81-35-33-65(89)82-60(71(94)101-77(10,11)12)31-32-67(91)99-75(4,5)6)66(90)47-102-46-50(70(93)100-76(7,8)9)40-63(87)61(42-64(80)88)84-73(96)98-45-57-54-27-21-19-25-52(54)53-26-20-22-28-55(53)57/h16-30,39,41,44,50,57,59-61,68H,31-38,40,42-43,45-47H2,1-15H3,(H2,80,88)(H,81,92)(H,82,89)(H,83,95)(H,84,96)/t50-,59-,60+,61-,68-/m0/s1. The minimum Gasteiger partial charge on any atom is -0.460 e. The third-order valence-electron chi connectivity index (χ3n) is 16.3. The van der Waals surface area contributed by atoms with Gasteiger partial charge in [-0.1, -0.05) is 119 Å². The lowest BCUT2D eigenvalue weighted by atomic mass is 9.82. The molecule has 560 valence electrons. The maximum atomic E-state index is 15.9. The van der Waals surface area contributed by atoms with Crippen molar-refractivity contribution < 1.29 is 80.4 Å². The van der Waals surface area contributed by atoms with Crippen LogP contribution in [0.3, 0.4) is 0 Å². The highest BCUT2D eigenvalue weighted by molar-refractivity contribution is 7.99. The van der Waals surface area contributed by atoms with E-state index in [4.69, 9.17) is 29.4 Å². The highest BCUT2D eigenvalue weighted by Gasteiger charge is 2.40. The van der Waals surface area contributed by atoms with Gasteiger partial charge < -0.3 is 60.2 Å². The summed E-state index contributed by atoms with van der Waals surface area (Å²) in [6.45, 7) is 26.3. The molecule has 0 aliphatic heterocycles. The smallest absolute Gasteiger partial charge is 0.407 e. The number of carbonyl (C=O) groups excluding carboxylic acids is 10. The fourth-order valence-electron chi connectivity index (χ4n) is 11.7. The second kappa shape index (κ2) is 36.5. The zero-order valence-corrected chi connectivity index (χ0v) is 63.8. The number of Topliss-reactive ketones (excluding diaryl/α,β-unsaturated/α-hetero) is 1. The van der Waals surface area contributed by atoms with Crippen LogP contribution in [0.4, 0.5) is 18.4 Å². The normalized spacial score (nSPS) is 13.9. The number of carbonyl (C=O) groups is 10. The van der Waals surface area contributed by atoms with Crippen LogP contribution in [0.15, 0.2) is 109 Å². The van der Waals surface area contributed by atoms with E-state index in [0.29, 0.717) is 11.7 Å².